The van der Waals surface area contributed by atoms with Crippen molar-refractivity contribution in [2.45, 2.75) is 26.7 Å². The van der Waals surface area contributed by atoms with Crippen LogP contribution in [0.25, 0.3) is 0 Å². The van der Waals surface area contributed by atoms with Crippen LogP contribution in [0.2, 0.25) is 0 Å². The molecule has 0 rings (SSSR count). The number of thioether (sulfide) groups is 1. The first-order valence-corrected chi connectivity index (χ1v) is 6.71. The number of amides is 1. The second kappa shape index (κ2) is 8.60. The molecule has 0 saturated carbocycles. The van der Waals surface area contributed by atoms with Gasteiger partial charge in [-0.05, 0) is 24.3 Å². The summed E-state index contributed by atoms with van der Waals surface area (Å²) in [7, 11) is 0. The van der Waals surface area contributed by atoms with Crippen molar-refractivity contribution >= 4 is 17.7 Å². The average Bonchev–Trinajstić information content (AvgIpc) is 2.23. The Morgan fingerprint density at radius 2 is 2.27 bits per heavy atom. The summed E-state index contributed by atoms with van der Waals surface area (Å²) in [5.41, 5.74) is 0. The van der Waals surface area contributed by atoms with Gasteiger partial charge in [0, 0.05) is 6.54 Å². The lowest BCUT2D eigenvalue weighted by Crippen LogP contribution is -2.33. The van der Waals surface area contributed by atoms with E-state index in [2.05, 4.69) is 12.2 Å². The van der Waals surface area contributed by atoms with Crippen LogP contribution in [0, 0.1) is 23.2 Å². The summed E-state index contributed by atoms with van der Waals surface area (Å²) in [6, 6.07) is 2.04. The lowest BCUT2D eigenvalue weighted by Gasteiger charge is -2.13. The number of carbonyl (C=O) groups excluding carboxylic acids is 1. The number of hydrogen-bond acceptors (Lipinski definition) is 3. The zero-order valence-electron chi connectivity index (χ0n) is 9.75. The summed E-state index contributed by atoms with van der Waals surface area (Å²) < 4.78 is 0. The summed E-state index contributed by atoms with van der Waals surface area (Å²) >= 11 is 1.77. The molecule has 0 heterocycles. The number of carbonyl (C=O) groups is 1. The monoisotopic (exact) mass is 228 g/mol. The highest BCUT2D eigenvalue weighted by Crippen LogP contribution is 2.06. The zero-order chi connectivity index (χ0) is 11.7. The predicted octanol–water partition coefficient (Wildman–Crippen LogP) is 2.04. The van der Waals surface area contributed by atoms with E-state index in [0.717, 1.165) is 12.2 Å². The van der Waals surface area contributed by atoms with E-state index in [-0.39, 0.29) is 5.91 Å². The summed E-state index contributed by atoms with van der Waals surface area (Å²) in [6.45, 7) is 4.74. The van der Waals surface area contributed by atoms with Gasteiger partial charge in [-0.2, -0.15) is 17.0 Å². The Balaban J connectivity index is 3.86. The van der Waals surface area contributed by atoms with E-state index in [9.17, 15) is 4.79 Å². The molecule has 0 aromatic heterocycles. The molecule has 1 N–H and O–H groups in total. The predicted molar refractivity (Wildman–Crippen MR) is 64.6 cm³/mol. The van der Waals surface area contributed by atoms with Gasteiger partial charge in [-0.25, -0.2) is 0 Å². The lowest BCUT2D eigenvalue weighted by molar-refractivity contribution is -0.123. The summed E-state index contributed by atoms with van der Waals surface area (Å²) in [4.78, 5) is 11.5. The molecular formula is C11H20N2OS. The molecule has 0 spiro atoms. The highest BCUT2D eigenvalue weighted by atomic mass is 32.2. The van der Waals surface area contributed by atoms with Gasteiger partial charge in [-0.3, -0.25) is 4.79 Å². The molecule has 0 aromatic carbocycles. The van der Waals surface area contributed by atoms with Crippen LogP contribution in [-0.4, -0.2) is 24.5 Å². The minimum atomic E-state index is -0.475. The normalized spacial score (nSPS) is 14.0. The van der Waals surface area contributed by atoms with Crippen molar-refractivity contribution in [1.82, 2.24) is 5.32 Å². The molecule has 1 amide bonds. The largest absolute Gasteiger partial charge is 0.355 e. The lowest BCUT2D eigenvalue weighted by atomic mass is 10.0. The molecule has 0 saturated heterocycles. The molecular weight excluding hydrogens is 208 g/mol. The Bertz CT molecular complexity index is 225. The second-order valence-corrected chi connectivity index (χ2v) is 4.69. The van der Waals surface area contributed by atoms with Crippen LogP contribution in [0.5, 0.6) is 0 Å². The molecule has 86 valence electrons. The molecule has 15 heavy (non-hydrogen) atoms. The van der Waals surface area contributed by atoms with Crippen molar-refractivity contribution < 1.29 is 4.79 Å². The van der Waals surface area contributed by atoms with Gasteiger partial charge in [0.05, 0.1) is 6.07 Å². The minimum Gasteiger partial charge on any atom is -0.355 e. The van der Waals surface area contributed by atoms with Gasteiger partial charge in [0.1, 0.15) is 5.92 Å². The van der Waals surface area contributed by atoms with Gasteiger partial charge in [-0.1, -0.05) is 20.3 Å². The van der Waals surface area contributed by atoms with Crippen molar-refractivity contribution in [2.75, 3.05) is 18.6 Å². The Labute approximate surface area is 96.6 Å². The Morgan fingerprint density at radius 3 is 2.73 bits per heavy atom. The second-order valence-electron chi connectivity index (χ2n) is 3.78. The van der Waals surface area contributed by atoms with Crippen LogP contribution in [0.1, 0.15) is 26.7 Å². The Hall–Kier alpha value is -0.690. The minimum absolute atomic E-state index is 0.118. The van der Waals surface area contributed by atoms with Crippen molar-refractivity contribution in [2.24, 2.45) is 11.8 Å². The quantitative estimate of drug-likeness (QED) is 0.725. The summed E-state index contributed by atoms with van der Waals surface area (Å²) in [6.07, 6.45) is 3.57. The van der Waals surface area contributed by atoms with Gasteiger partial charge in [-0.15, -0.1) is 0 Å². The third kappa shape index (κ3) is 6.40. The fraction of sp³-hybridized carbons (Fsp3) is 0.818. The van der Waals surface area contributed by atoms with Gasteiger partial charge >= 0.3 is 0 Å². The van der Waals surface area contributed by atoms with E-state index in [1.54, 1.807) is 11.8 Å². The Kier molecular flexibility index (Phi) is 8.21. The summed E-state index contributed by atoms with van der Waals surface area (Å²) in [5.74, 6) is 0.902. The van der Waals surface area contributed by atoms with Crippen LogP contribution in [0.15, 0.2) is 0 Å². The first-order chi connectivity index (χ1) is 7.15. The van der Waals surface area contributed by atoms with Crippen LogP contribution in [0.4, 0.5) is 0 Å². The molecule has 0 aromatic rings. The van der Waals surface area contributed by atoms with E-state index in [1.165, 1.54) is 0 Å². The Morgan fingerprint density at radius 1 is 1.60 bits per heavy atom. The molecule has 3 nitrogen and oxygen atoms in total. The third-order valence-corrected chi connectivity index (χ3v) is 3.03. The molecule has 0 bridgehead atoms. The van der Waals surface area contributed by atoms with Crippen LogP contribution in [-0.2, 0) is 4.79 Å². The maximum atomic E-state index is 11.5. The third-order valence-electron chi connectivity index (χ3n) is 2.13. The van der Waals surface area contributed by atoms with E-state index >= 15 is 0 Å². The van der Waals surface area contributed by atoms with Gasteiger partial charge < -0.3 is 5.32 Å². The highest BCUT2D eigenvalue weighted by molar-refractivity contribution is 7.98. The van der Waals surface area contributed by atoms with E-state index in [4.69, 9.17) is 5.26 Å². The molecule has 0 aliphatic carbocycles. The summed E-state index contributed by atoms with van der Waals surface area (Å²) in [5, 5.41) is 11.6. The van der Waals surface area contributed by atoms with Crippen LogP contribution in [0.3, 0.4) is 0 Å². The van der Waals surface area contributed by atoms with E-state index < -0.39 is 5.92 Å². The van der Waals surface area contributed by atoms with Crippen molar-refractivity contribution in [3.05, 3.63) is 0 Å². The van der Waals surface area contributed by atoms with Crippen molar-refractivity contribution in [3.8, 4) is 6.07 Å². The van der Waals surface area contributed by atoms with Crippen LogP contribution >= 0.6 is 11.8 Å². The maximum Gasteiger partial charge on any atom is 0.237 e. The first kappa shape index (κ1) is 14.3. The zero-order valence-corrected chi connectivity index (χ0v) is 10.6. The van der Waals surface area contributed by atoms with E-state index in [0.29, 0.717) is 18.9 Å². The maximum absolute atomic E-state index is 11.5. The fourth-order valence-electron chi connectivity index (χ4n) is 1.28. The molecule has 4 heteroatoms. The number of nitrogens with zero attached hydrogens (tertiary/aromatic N) is 1. The average molecular weight is 228 g/mol. The number of nitrogens with one attached hydrogen (secondary N) is 1. The van der Waals surface area contributed by atoms with Gasteiger partial charge in [0.15, 0.2) is 0 Å². The molecule has 2 atom stereocenters. The molecule has 2 unspecified atom stereocenters. The van der Waals surface area contributed by atoms with Gasteiger partial charge in [0.2, 0.25) is 5.91 Å². The molecule has 0 fully saturated rings. The van der Waals surface area contributed by atoms with E-state index in [1.807, 2.05) is 19.2 Å². The topological polar surface area (TPSA) is 52.9 Å². The van der Waals surface area contributed by atoms with Crippen molar-refractivity contribution in [1.29, 1.82) is 5.26 Å². The SMILES string of the molecule is CCCC(C#N)C(=O)NCC(C)CSC. The number of nitriles is 1. The van der Waals surface area contributed by atoms with Crippen LogP contribution < -0.4 is 5.32 Å². The fourth-order valence-corrected chi connectivity index (χ4v) is 1.97. The standard InChI is InChI=1S/C11H20N2OS/c1-4-5-10(6-12)11(14)13-7-9(2)8-15-3/h9-10H,4-5,7-8H2,1-3H3,(H,13,14). The number of rotatable bonds is 7. The molecule has 0 aliphatic heterocycles. The number of hydrogen-bond donors (Lipinski definition) is 1. The van der Waals surface area contributed by atoms with Crippen molar-refractivity contribution in [3.63, 3.8) is 0 Å². The first-order valence-electron chi connectivity index (χ1n) is 5.31. The molecule has 0 aliphatic rings. The van der Waals surface area contributed by atoms with Gasteiger partial charge in [0.25, 0.3) is 0 Å². The molecule has 0 radical (unpaired) electrons. The smallest absolute Gasteiger partial charge is 0.237 e. The highest BCUT2D eigenvalue weighted by Gasteiger charge is 2.16.